The molecule has 1 aromatic heterocycles. The van der Waals surface area contributed by atoms with Gasteiger partial charge in [0.2, 0.25) is 0 Å². The molecule has 4 nitrogen and oxygen atoms in total. The zero-order chi connectivity index (χ0) is 16.4. The van der Waals surface area contributed by atoms with Gasteiger partial charge in [-0.25, -0.2) is 0 Å². The molecule has 0 amide bonds. The number of aliphatic hydroxyl groups is 1. The summed E-state index contributed by atoms with van der Waals surface area (Å²) in [7, 11) is 0. The van der Waals surface area contributed by atoms with Crippen LogP contribution < -0.4 is 0 Å². The van der Waals surface area contributed by atoms with Crippen LogP contribution in [-0.2, 0) is 6.42 Å². The molecule has 1 saturated carbocycles. The van der Waals surface area contributed by atoms with Crippen molar-refractivity contribution in [2.75, 3.05) is 13.2 Å². The summed E-state index contributed by atoms with van der Waals surface area (Å²) in [4.78, 5) is 6.32. The minimum atomic E-state index is 0.291. The molecule has 2 saturated heterocycles. The zero-order valence-electron chi connectivity index (χ0n) is 14.2. The third kappa shape index (κ3) is 1.87. The Morgan fingerprint density at radius 1 is 1.29 bits per heavy atom. The fraction of sp³-hybridized carbons (Fsp3) is 0.600. The molecule has 3 N–H and O–H groups in total. The number of piperidine rings is 2. The van der Waals surface area contributed by atoms with Gasteiger partial charge in [0.15, 0.2) is 0 Å². The Balaban J connectivity index is 1.67. The van der Waals surface area contributed by atoms with Crippen LogP contribution in [0.15, 0.2) is 18.2 Å². The summed E-state index contributed by atoms with van der Waals surface area (Å²) in [6.45, 7) is 3.63. The highest BCUT2D eigenvalue weighted by Crippen LogP contribution is 2.53. The average Bonchev–Trinajstić information content (AvgIpc) is 2.90. The fourth-order valence-corrected chi connectivity index (χ4v) is 6.08. The van der Waals surface area contributed by atoms with E-state index < -0.39 is 0 Å². The number of H-pyrrole nitrogens is 1. The van der Waals surface area contributed by atoms with Gasteiger partial charge in [-0.15, -0.1) is 0 Å². The van der Waals surface area contributed by atoms with Crippen molar-refractivity contribution in [2.45, 2.75) is 50.6 Å². The summed E-state index contributed by atoms with van der Waals surface area (Å²) in [6.07, 6.45) is 4.69. The third-order valence-electron chi connectivity index (χ3n) is 7.04. The van der Waals surface area contributed by atoms with E-state index in [1.54, 1.807) is 6.07 Å². The van der Waals surface area contributed by atoms with E-state index >= 15 is 0 Å². The number of hydrogen-bond donors (Lipinski definition) is 3. The molecule has 4 heterocycles. The van der Waals surface area contributed by atoms with Gasteiger partial charge in [0.05, 0.1) is 6.61 Å². The molecular formula is C20H26N2O2. The summed E-state index contributed by atoms with van der Waals surface area (Å²) in [6, 6.07) is 6.59. The predicted octanol–water partition coefficient (Wildman–Crippen LogP) is 2.99. The van der Waals surface area contributed by atoms with Crippen molar-refractivity contribution < 1.29 is 10.2 Å². The largest absolute Gasteiger partial charge is 0.508 e. The van der Waals surface area contributed by atoms with Crippen LogP contribution in [0.2, 0.25) is 0 Å². The lowest BCUT2D eigenvalue weighted by atomic mass is 9.62. The van der Waals surface area contributed by atoms with E-state index in [-0.39, 0.29) is 0 Å². The number of phenols is 1. The Bertz CT molecular complexity index is 783. The van der Waals surface area contributed by atoms with Crippen molar-refractivity contribution in [3.8, 4) is 5.75 Å². The number of aromatic nitrogens is 1. The highest BCUT2D eigenvalue weighted by molar-refractivity contribution is 5.86. The van der Waals surface area contributed by atoms with E-state index in [9.17, 15) is 10.2 Å². The van der Waals surface area contributed by atoms with E-state index in [4.69, 9.17) is 0 Å². The molecule has 0 radical (unpaired) electrons. The molecule has 3 fully saturated rings. The van der Waals surface area contributed by atoms with Crippen LogP contribution in [0.4, 0.5) is 0 Å². The number of hydrogen-bond acceptors (Lipinski definition) is 3. The first kappa shape index (κ1) is 14.8. The minimum absolute atomic E-state index is 0.291. The molecule has 4 heteroatoms. The number of nitrogens with zero attached hydrogens (tertiary/aromatic N) is 1. The molecule has 24 heavy (non-hydrogen) atoms. The Kier molecular flexibility index (Phi) is 3.23. The van der Waals surface area contributed by atoms with Gasteiger partial charge < -0.3 is 15.2 Å². The Morgan fingerprint density at radius 2 is 2.17 bits per heavy atom. The number of aromatic hydroxyl groups is 1. The zero-order valence-corrected chi connectivity index (χ0v) is 14.2. The van der Waals surface area contributed by atoms with Crippen molar-refractivity contribution in [3.05, 3.63) is 29.5 Å². The smallest absolute Gasteiger partial charge is 0.116 e. The SMILES string of the molecule is CCC1C[C@H]2C[C@H]3c4[nH]c5ccc(O)cc5c4CCN(C2CO)C13. The van der Waals surface area contributed by atoms with Gasteiger partial charge in [-0.1, -0.05) is 13.3 Å². The lowest BCUT2D eigenvalue weighted by molar-refractivity contribution is -0.0799. The maximum absolute atomic E-state index is 9.97. The highest BCUT2D eigenvalue weighted by atomic mass is 16.3. The van der Waals surface area contributed by atoms with Crippen molar-refractivity contribution >= 4 is 10.9 Å². The van der Waals surface area contributed by atoms with E-state index in [0.717, 1.165) is 24.4 Å². The van der Waals surface area contributed by atoms with Crippen LogP contribution >= 0.6 is 0 Å². The molecule has 0 spiro atoms. The first-order valence-electron chi connectivity index (χ1n) is 9.41. The maximum Gasteiger partial charge on any atom is 0.116 e. The second kappa shape index (κ2) is 5.24. The summed E-state index contributed by atoms with van der Waals surface area (Å²) in [5.74, 6) is 2.24. The van der Waals surface area contributed by atoms with Crippen molar-refractivity contribution in [2.24, 2.45) is 11.8 Å². The third-order valence-corrected chi connectivity index (χ3v) is 7.04. The number of nitrogens with one attached hydrogen (secondary N) is 1. The Hall–Kier alpha value is -1.52. The number of rotatable bonds is 2. The second-order valence-electron chi connectivity index (χ2n) is 7.98. The van der Waals surface area contributed by atoms with Gasteiger partial charge in [0, 0.05) is 41.1 Å². The fourth-order valence-electron chi connectivity index (χ4n) is 6.08. The molecule has 6 atom stereocenters. The number of benzene rings is 1. The molecule has 1 aliphatic carbocycles. The monoisotopic (exact) mass is 326 g/mol. The van der Waals surface area contributed by atoms with Gasteiger partial charge in [-0.2, -0.15) is 0 Å². The quantitative estimate of drug-likeness (QED) is 0.795. The van der Waals surface area contributed by atoms with Gasteiger partial charge in [-0.3, -0.25) is 4.90 Å². The summed E-state index contributed by atoms with van der Waals surface area (Å²) in [5, 5.41) is 21.1. The van der Waals surface area contributed by atoms with Gasteiger partial charge in [-0.05, 0) is 54.9 Å². The second-order valence-corrected chi connectivity index (χ2v) is 7.98. The minimum Gasteiger partial charge on any atom is -0.508 e. The molecule has 6 rings (SSSR count). The molecule has 4 bridgehead atoms. The molecule has 1 aromatic carbocycles. The lowest BCUT2D eigenvalue weighted by Gasteiger charge is -2.57. The van der Waals surface area contributed by atoms with E-state index in [2.05, 4.69) is 16.8 Å². The van der Waals surface area contributed by atoms with Crippen LogP contribution in [0.25, 0.3) is 10.9 Å². The number of aromatic amines is 1. The van der Waals surface area contributed by atoms with E-state index in [1.165, 1.54) is 35.9 Å². The summed E-state index contributed by atoms with van der Waals surface area (Å²) < 4.78 is 0. The normalized spacial score (nSPS) is 37.4. The predicted molar refractivity (Wildman–Crippen MR) is 94.3 cm³/mol. The number of phenolic OH excluding ortho intramolecular Hbond substituents is 1. The topological polar surface area (TPSA) is 59.5 Å². The van der Waals surface area contributed by atoms with E-state index in [0.29, 0.717) is 36.3 Å². The molecule has 128 valence electrons. The molecule has 4 aliphatic rings. The standard InChI is InChI=1S/C20H26N2O2/c1-2-11-7-12-8-16-19-14(5-6-22(20(11)16)18(12)10-23)15-9-13(24)3-4-17(15)21-19/h3-4,9,11-12,16,18,20-21,23-24H,2,5-8,10H2,1H3/t11?,12-,16-,18?,20?/m0/s1. The van der Waals surface area contributed by atoms with Gasteiger partial charge >= 0.3 is 0 Å². The van der Waals surface area contributed by atoms with Crippen LogP contribution in [0.5, 0.6) is 5.75 Å². The molecule has 3 aliphatic heterocycles. The van der Waals surface area contributed by atoms with E-state index in [1.807, 2.05) is 12.1 Å². The first-order chi connectivity index (χ1) is 11.7. The van der Waals surface area contributed by atoms with Gasteiger partial charge in [0.1, 0.15) is 5.75 Å². The summed E-state index contributed by atoms with van der Waals surface area (Å²) >= 11 is 0. The van der Waals surface area contributed by atoms with Crippen LogP contribution in [0, 0.1) is 11.8 Å². The number of aliphatic hydroxyl groups excluding tert-OH is 1. The lowest BCUT2D eigenvalue weighted by Crippen LogP contribution is -2.62. The van der Waals surface area contributed by atoms with Crippen LogP contribution in [0.1, 0.15) is 43.4 Å². The van der Waals surface area contributed by atoms with Crippen molar-refractivity contribution in [3.63, 3.8) is 0 Å². The van der Waals surface area contributed by atoms with Crippen molar-refractivity contribution in [1.82, 2.24) is 9.88 Å². The van der Waals surface area contributed by atoms with Crippen LogP contribution in [-0.4, -0.2) is 45.3 Å². The van der Waals surface area contributed by atoms with Crippen LogP contribution in [0.3, 0.4) is 0 Å². The highest BCUT2D eigenvalue weighted by Gasteiger charge is 2.52. The molecule has 4 unspecified atom stereocenters. The maximum atomic E-state index is 9.97. The van der Waals surface area contributed by atoms with Gasteiger partial charge in [0.25, 0.3) is 0 Å². The molecular weight excluding hydrogens is 300 g/mol. The van der Waals surface area contributed by atoms with Crippen molar-refractivity contribution in [1.29, 1.82) is 0 Å². The Labute approximate surface area is 142 Å². The molecule has 2 aromatic rings. The Morgan fingerprint density at radius 3 is 2.96 bits per heavy atom. The summed E-state index contributed by atoms with van der Waals surface area (Å²) in [5.41, 5.74) is 3.95. The number of fused-ring (bicyclic) bond motifs is 4. The average molecular weight is 326 g/mol. The first-order valence-corrected chi connectivity index (χ1v) is 9.41.